The zero-order valence-corrected chi connectivity index (χ0v) is 10.7. The summed E-state index contributed by atoms with van der Waals surface area (Å²) in [6, 6.07) is 5.19. The van der Waals surface area contributed by atoms with Gasteiger partial charge >= 0.3 is 5.97 Å². The van der Waals surface area contributed by atoms with Crippen molar-refractivity contribution >= 4 is 17.3 Å². The van der Waals surface area contributed by atoms with Crippen LogP contribution < -0.4 is 11.1 Å². The van der Waals surface area contributed by atoms with E-state index < -0.39 is 5.97 Å². The van der Waals surface area contributed by atoms with Crippen molar-refractivity contribution < 1.29 is 14.3 Å². The van der Waals surface area contributed by atoms with Crippen LogP contribution in [0.1, 0.15) is 23.7 Å². The largest absolute Gasteiger partial charge is 0.465 e. The first-order valence-electron chi connectivity index (χ1n) is 5.88. The summed E-state index contributed by atoms with van der Waals surface area (Å²) in [5.41, 5.74) is 7.35. The van der Waals surface area contributed by atoms with Gasteiger partial charge in [0.2, 0.25) is 0 Å². The van der Waals surface area contributed by atoms with Crippen LogP contribution in [0, 0.1) is 0 Å². The van der Waals surface area contributed by atoms with Crippen molar-refractivity contribution in [3.63, 3.8) is 0 Å². The van der Waals surface area contributed by atoms with Crippen molar-refractivity contribution in [2.75, 3.05) is 31.4 Å². The lowest BCUT2D eigenvalue weighted by molar-refractivity contribution is 0.0601. The molecule has 1 aromatic carbocycles. The highest BCUT2D eigenvalue weighted by atomic mass is 16.5. The van der Waals surface area contributed by atoms with E-state index in [1.54, 1.807) is 18.2 Å². The molecule has 1 heterocycles. The molecule has 0 radical (unpaired) electrons. The molecule has 0 spiro atoms. The van der Waals surface area contributed by atoms with Gasteiger partial charge in [-0.1, -0.05) is 6.07 Å². The molecular formula is C13H18N2O3. The molecule has 1 unspecified atom stereocenters. The van der Waals surface area contributed by atoms with E-state index in [1.807, 2.05) is 6.92 Å². The molecule has 0 aliphatic carbocycles. The lowest BCUT2D eigenvalue weighted by atomic mass is 10.00. The molecule has 2 rings (SSSR count). The van der Waals surface area contributed by atoms with Crippen LogP contribution >= 0.6 is 0 Å². The maximum atomic E-state index is 11.7. The Morgan fingerprint density at radius 1 is 1.56 bits per heavy atom. The van der Waals surface area contributed by atoms with Gasteiger partial charge in [-0.3, -0.25) is 0 Å². The van der Waals surface area contributed by atoms with E-state index >= 15 is 0 Å². The summed E-state index contributed by atoms with van der Waals surface area (Å²) < 4.78 is 10.1. The van der Waals surface area contributed by atoms with Gasteiger partial charge in [0.1, 0.15) is 0 Å². The van der Waals surface area contributed by atoms with Gasteiger partial charge in [0.15, 0.2) is 0 Å². The SMILES string of the molecule is COC(=O)c1cccc(N)c1NC1(C)CCOC1. The number of nitrogen functional groups attached to an aromatic ring is 1. The minimum absolute atomic E-state index is 0.196. The number of nitrogens with one attached hydrogen (secondary N) is 1. The Labute approximate surface area is 106 Å². The first-order valence-corrected chi connectivity index (χ1v) is 5.88. The highest BCUT2D eigenvalue weighted by Crippen LogP contribution is 2.30. The molecular weight excluding hydrogens is 232 g/mol. The van der Waals surface area contributed by atoms with Gasteiger partial charge in [0.25, 0.3) is 0 Å². The number of methoxy groups -OCH3 is 1. The van der Waals surface area contributed by atoms with E-state index in [0.717, 1.165) is 6.42 Å². The summed E-state index contributed by atoms with van der Waals surface area (Å²) in [4.78, 5) is 11.7. The quantitative estimate of drug-likeness (QED) is 0.630. The van der Waals surface area contributed by atoms with Crippen LogP contribution in [0.2, 0.25) is 0 Å². The molecule has 0 bridgehead atoms. The van der Waals surface area contributed by atoms with Gasteiger partial charge in [-0.2, -0.15) is 0 Å². The number of nitrogens with two attached hydrogens (primary N) is 1. The lowest BCUT2D eigenvalue weighted by Crippen LogP contribution is -2.36. The molecule has 1 saturated heterocycles. The molecule has 0 aromatic heterocycles. The molecule has 1 atom stereocenters. The van der Waals surface area contributed by atoms with Crippen molar-refractivity contribution in [3.05, 3.63) is 23.8 Å². The van der Waals surface area contributed by atoms with Crippen LogP contribution in [0.5, 0.6) is 0 Å². The van der Waals surface area contributed by atoms with Crippen LogP contribution in [0.4, 0.5) is 11.4 Å². The van der Waals surface area contributed by atoms with Crippen molar-refractivity contribution in [3.8, 4) is 0 Å². The smallest absolute Gasteiger partial charge is 0.340 e. The standard InChI is InChI=1S/C13H18N2O3/c1-13(6-7-18-8-13)15-11-9(12(16)17-2)4-3-5-10(11)14/h3-5,15H,6-8,14H2,1-2H3. The highest BCUT2D eigenvalue weighted by Gasteiger charge is 2.31. The third kappa shape index (κ3) is 2.41. The Kier molecular flexibility index (Phi) is 3.43. The summed E-state index contributed by atoms with van der Waals surface area (Å²) >= 11 is 0. The average molecular weight is 250 g/mol. The number of carbonyl (C=O) groups is 1. The minimum Gasteiger partial charge on any atom is -0.465 e. The second kappa shape index (κ2) is 4.86. The Bertz CT molecular complexity index is 454. The van der Waals surface area contributed by atoms with Gasteiger partial charge in [-0.15, -0.1) is 0 Å². The number of ether oxygens (including phenoxy) is 2. The summed E-state index contributed by atoms with van der Waals surface area (Å²) in [5, 5.41) is 3.32. The molecule has 5 heteroatoms. The average Bonchev–Trinajstić information content (AvgIpc) is 2.78. The van der Waals surface area contributed by atoms with E-state index in [9.17, 15) is 4.79 Å². The predicted octanol–water partition coefficient (Wildman–Crippen LogP) is 1.65. The van der Waals surface area contributed by atoms with Crippen molar-refractivity contribution in [1.29, 1.82) is 0 Å². The predicted molar refractivity (Wildman–Crippen MR) is 69.7 cm³/mol. The lowest BCUT2D eigenvalue weighted by Gasteiger charge is -2.27. The number of rotatable bonds is 3. The van der Waals surface area contributed by atoms with Crippen LogP contribution in [0.3, 0.4) is 0 Å². The molecule has 18 heavy (non-hydrogen) atoms. The van der Waals surface area contributed by atoms with Gasteiger partial charge in [0.05, 0.1) is 36.2 Å². The van der Waals surface area contributed by atoms with E-state index in [2.05, 4.69) is 5.32 Å². The zero-order chi connectivity index (χ0) is 13.2. The number of carbonyl (C=O) groups excluding carboxylic acids is 1. The molecule has 1 aliphatic heterocycles. The van der Waals surface area contributed by atoms with Gasteiger partial charge in [-0.05, 0) is 25.5 Å². The highest BCUT2D eigenvalue weighted by molar-refractivity contribution is 5.98. The fraction of sp³-hybridized carbons (Fsp3) is 0.462. The number of hydrogen-bond acceptors (Lipinski definition) is 5. The number of hydrogen-bond donors (Lipinski definition) is 2. The molecule has 5 nitrogen and oxygen atoms in total. The maximum absolute atomic E-state index is 11.7. The Morgan fingerprint density at radius 2 is 2.33 bits per heavy atom. The summed E-state index contributed by atoms with van der Waals surface area (Å²) in [6.45, 7) is 3.36. The Morgan fingerprint density at radius 3 is 2.94 bits per heavy atom. The zero-order valence-electron chi connectivity index (χ0n) is 10.7. The van der Waals surface area contributed by atoms with Crippen LogP contribution in [0.15, 0.2) is 18.2 Å². The van der Waals surface area contributed by atoms with Crippen molar-refractivity contribution in [1.82, 2.24) is 0 Å². The van der Waals surface area contributed by atoms with Crippen LogP contribution in [-0.4, -0.2) is 31.8 Å². The van der Waals surface area contributed by atoms with Gasteiger partial charge in [-0.25, -0.2) is 4.79 Å². The number of esters is 1. The number of anilines is 2. The molecule has 0 saturated carbocycles. The normalized spacial score (nSPS) is 22.8. The second-order valence-corrected chi connectivity index (χ2v) is 4.75. The molecule has 1 aromatic rings. The van der Waals surface area contributed by atoms with E-state index in [4.69, 9.17) is 15.2 Å². The molecule has 98 valence electrons. The minimum atomic E-state index is -0.396. The van der Waals surface area contributed by atoms with Crippen molar-refractivity contribution in [2.45, 2.75) is 18.9 Å². The topological polar surface area (TPSA) is 73.6 Å². The number of benzene rings is 1. The Hall–Kier alpha value is -1.75. The Balaban J connectivity index is 2.33. The number of para-hydroxylation sites is 1. The first kappa shape index (κ1) is 12.7. The van der Waals surface area contributed by atoms with Crippen LogP contribution in [0.25, 0.3) is 0 Å². The van der Waals surface area contributed by atoms with Gasteiger partial charge < -0.3 is 20.5 Å². The van der Waals surface area contributed by atoms with Crippen molar-refractivity contribution in [2.24, 2.45) is 0 Å². The molecule has 0 amide bonds. The van der Waals surface area contributed by atoms with E-state index in [1.165, 1.54) is 7.11 Å². The summed E-state index contributed by atoms with van der Waals surface area (Å²) in [7, 11) is 1.36. The fourth-order valence-electron chi connectivity index (χ4n) is 2.06. The van der Waals surface area contributed by atoms with Gasteiger partial charge in [0, 0.05) is 6.61 Å². The fourth-order valence-corrected chi connectivity index (χ4v) is 2.06. The van der Waals surface area contributed by atoms with E-state index in [0.29, 0.717) is 30.2 Å². The maximum Gasteiger partial charge on any atom is 0.340 e. The molecule has 3 N–H and O–H groups in total. The van der Waals surface area contributed by atoms with Crippen LogP contribution in [-0.2, 0) is 9.47 Å². The third-order valence-corrected chi connectivity index (χ3v) is 3.15. The molecule has 1 fully saturated rings. The second-order valence-electron chi connectivity index (χ2n) is 4.75. The summed E-state index contributed by atoms with van der Waals surface area (Å²) in [5.74, 6) is -0.396. The first-order chi connectivity index (χ1) is 8.56. The summed E-state index contributed by atoms with van der Waals surface area (Å²) in [6.07, 6.45) is 0.877. The monoisotopic (exact) mass is 250 g/mol. The van der Waals surface area contributed by atoms with E-state index in [-0.39, 0.29) is 5.54 Å². The molecule has 1 aliphatic rings. The third-order valence-electron chi connectivity index (χ3n) is 3.15.